The molecule has 0 amide bonds. The van der Waals surface area contributed by atoms with Gasteiger partial charge in [-0.1, -0.05) is 0 Å². The largest absolute Gasteiger partial charge is 0.497 e. The van der Waals surface area contributed by atoms with E-state index < -0.39 is 0 Å². The van der Waals surface area contributed by atoms with E-state index in [-0.39, 0.29) is 0 Å². The van der Waals surface area contributed by atoms with Crippen LogP contribution in [0.3, 0.4) is 0 Å². The Morgan fingerprint density at radius 3 is 2.81 bits per heavy atom. The number of hydrogen-bond acceptors (Lipinski definition) is 6. The van der Waals surface area contributed by atoms with E-state index in [4.69, 9.17) is 15.0 Å². The number of nitrogens with zero attached hydrogens (tertiary/aromatic N) is 3. The van der Waals surface area contributed by atoms with Gasteiger partial charge >= 0.3 is 0 Å². The Hall–Kier alpha value is -2.52. The van der Waals surface area contributed by atoms with Gasteiger partial charge in [0.05, 0.1) is 24.4 Å². The molecule has 3 rings (SSSR count). The van der Waals surface area contributed by atoms with Crippen molar-refractivity contribution in [2.75, 3.05) is 44.4 Å². The molecule has 0 radical (unpaired) electrons. The van der Waals surface area contributed by atoms with Crippen LogP contribution in [-0.4, -0.2) is 49.7 Å². The number of hydrogen-bond donors (Lipinski definition) is 2. The Bertz CT molecular complexity index is 793. The number of unbranched alkanes of at least 4 members (excludes halogenated alkanes) is 2. The van der Waals surface area contributed by atoms with Gasteiger partial charge in [0, 0.05) is 30.5 Å². The van der Waals surface area contributed by atoms with Crippen LogP contribution in [0.4, 0.5) is 11.5 Å². The van der Waals surface area contributed by atoms with Crippen LogP contribution in [-0.2, 0) is 0 Å². The van der Waals surface area contributed by atoms with Crippen LogP contribution in [0.15, 0.2) is 24.3 Å². The van der Waals surface area contributed by atoms with Crippen molar-refractivity contribution in [3.8, 4) is 11.8 Å². The van der Waals surface area contributed by atoms with Gasteiger partial charge < -0.3 is 20.3 Å². The maximum atomic E-state index is 8.67. The molecule has 0 saturated carbocycles. The summed E-state index contributed by atoms with van der Waals surface area (Å²) in [6.07, 6.45) is 4.75. The predicted molar refractivity (Wildman–Crippen MR) is 110 cm³/mol. The fourth-order valence-electron chi connectivity index (χ4n) is 3.45. The lowest BCUT2D eigenvalue weighted by atomic mass is 10.1. The number of benzene rings is 1. The summed E-state index contributed by atoms with van der Waals surface area (Å²) in [4.78, 5) is 7.25. The first-order valence-corrected chi connectivity index (χ1v) is 9.74. The molecule has 1 aliphatic heterocycles. The molecule has 6 nitrogen and oxygen atoms in total. The number of ether oxygens (including phenoxy) is 1. The number of pyridine rings is 1. The van der Waals surface area contributed by atoms with Gasteiger partial charge in [-0.2, -0.15) is 5.26 Å². The first kappa shape index (κ1) is 19.2. The number of fused-ring (bicyclic) bond motifs is 1. The first-order valence-electron chi connectivity index (χ1n) is 9.74. The van der Waals surface area contributed by atoms with Gasteiger partial charge in [0.25, 0.3) is 0 Å². The van der Waals surface area contributed by atoms with E-state index in [0.717, 1.165) is 73.5 Å². The molecule has 1 aromatic heterocycles. The van der Waals surface area contributed by atoms with Crippen molar-refractivity contribution in [3.05, 3.63) is 24.3 Å². The van der Waals surface area contributed by atoms with Crippen LogP contribution in [0, 0.1) is 11.3 Å². The van der Waals surface area contributed by atoms with Crippen LogP contribution in [0.1, 0.15) is 32.1 Å². The summed E-state index contributed by atoms with van der Waals surface area (Å²) < 4.78 is 5.44. The molecule has 1 saturated heterocycles. The fourth-order valence-corrected chi connectivity index (χ4v) is 3.45. The molecule has 0 atom stereocenters. The van der Waals surface area contributed by atoms with Crippen molar-refractivity contribution < 1.29 is 4.74 Å². The summed E-state index contributed by atoms with van der Waals surface area (Å²) in [5.41, 5.74) is 1.93. The van der Waals surface area contributed by atoms with E-state index >= 15 is 0 Å². The Morgan fingerprint density at radius 1 is 1.26 bits per heavy atom. The molecule has 0 bridgehead atoms. The predicted octanol–water partition coefficient (Wildman–Crippen LogP) is 3.86. The molecule has 2 heterocycles. The van der Waals surface area contributed by atoms with Crippen molar-refractivity contribution in [2.24, 2.45) is 0 Å². The maximum Gasteiger partial charge on any atom is 0.126 e. The van der Waals surface area contributed by atoms with Crippen molar-refractivity contribution >= 4 is 22.4 Å². The number of rotatable bonds is 8. The topological polar surface area (TPSA) is 73.2 Å². The minimum atomic E-state index is 0.479. The summed E-state index contributed by atoms with van der Waals surface area (Å²) in [7, 11) is 3.85. The van der Waals surface area contributed by atoms with Gasteiger partial charge in [0.15, 0.2) is 0 Å². The third-order valence-electron chi connectivity index (χ3n) is 5.10. The molecular weight excluding hydrogens is 338 g/mol. The SMILES string of the molecule is COc1cc(NCCCCC#N)c2nc(NC3CCN(C)CC3)ccc2c1. The number of methoxy groups -OCH3 is 1. The molecule has 0 aliphatic carbocycles. The smallest absolute Gasteiger partial charge is 0.126 e. The molecular formula is C21H29N5O. The van der Waals surface area contributed by atoms with E-state index in [1.807, 2.05) is 12.1 Å². The van der Waals surface area contributed by atoms with Gasteiger partial charge in [-0.25, -0.2) is 4.98 Å². The van der Waals surface area contributed by atoms with E-state index in [9.17, 15) is 0 Å². The standard InChI is InChI=1S/C21H29N5O/c1-26-12-8-17(9-13-26)24-20-7-6-16-14-18(27-2)15-19(21(16)25-20)23-11-5-3-4-10-22/h6-7,14-15,17,23H,3-5,8-9,11-13H2,1-2H3,(H,24,25). The summed E-state index contributed by atoms with van der Waals surface area (Å²) >= 11 is 0. The maximum absolute atomic E-state index is 8.67. The molecule has 0 spiro atoms. The van der Waals surface area contributed by atoms with E-state index in [1.165, 1.54) is 0 Å². The lowest BCUT2D eigenvalue weighted by Crippen LogP contribution is -2.36. The number of nitriles is 1. The van der Waals surface area contributed by atoms with Crippen molar-refractivity contribution in [2.45, 2.75) is 38.1 Å². The monoisotopic (exact) mass is 367 g/mol. The highest BCUT2D eigenvalue weighted by molar-refractivity contribution is 5.93. The van der Waals surface area contributed by atoms with Crippen molar-refractivity contribution in [3.63, 3.8) is 0 Å². The fraction of sp³-hybridized carbons (Fsp3) is 0.524. The number of nitrogens with one attached hydrogen (secondary N) is 2. The van der Waals surface area contributed by atoms with Crippen molar-refractivity contribution in [1.29, 1.82) is 5.26 Å². The third kappa shape index (κ3) is 5.24. The van der Waals surface area contributed by atoms with E-state index in [1.54, 1.807) is 7.11 Å². The van der Waals surface area contributed by atoms with Gasteiger partial charge in [0.1, 0.15) is 11.6 Å². The number of likely N-dealkylation sites (tertiary alicyclic amines) is 1. The molecule has 144 valence electrons. The average molecular weight is 367 g/mol. The van der Waals surface area contributed by atoms with Crippen LogP contribution in [0.5, 0.6) is 5.75 Å². The number of piperidine rings is 1. The summed E-state index contributed by atoms with van der Waals surface area (Å²) in [6, 6.07) is 10.8. The lowest BCUT2D eigenvalue weighted by Gasteiger charge is -2.29. The summed E-state index contributed by atoms with van der Waals surface area (Å²) in [5, 5.41) is 16.8. The number of anilines is 2. The number of aromatic nitrogens is 1. The molecule has 0 unspecified atom stereocenters. The highest BCUT2D eigenvalue weighted by atomic mass is 16.5. The normalized spacial score (nSPS) is 15.4. The molecule has 1 aliphatic rings. The zero-order valence-electron chi connectivity index (χ0n) is 16.3. The molecule has 27 heavy (non-hydrogen) atoms. The Kier molecular flexibility index (Phi) is 6.72. The second-order valence-electron chi connectivity index (χ2n) is 7.21. The van der Waals surface area contributed by atoms with Crippen LogP contribution in [0.25, 0.3) is 10.9 Å². The average Bonchev–Trinajstić information content (AvgIpc) is 2.69. The second kappa shape index (κ2) is 9.43. The van der Waals surface area contributed by atoms with Gasteiger partial charge in [-0.05, 0) is 64.0 Å². The Balaban J connectivity index is 1.76. The van der Waals surface area contributed by atoms with Gasteiger partial charge in [0.2, 0.25) is 0 Å². The highest BCUT2D eigenvalue weighted by Gasteiger charge is 2.17. The van der Waals surface area contributed by atoms with E-state index in [2.05, 4.69) is 40.8 Å². The van der Waals surface area contributed by atoms with Crippen LogP contribution in [0.2, 0.25) is 0 Å². The molecule has 1 aromatic carbocycles. The van der Waals surface area contributed by atoms with Crippen molar-refractivity contribution in [1.82, 2.24) is 9.88 Å². The lowest BCUT2D eigenvalue weighted by molar-refractivity contribution is 0.263. The molecule has 2 aromatic rings. The summed E-state index contributed by atoms with van der Waals surface area (Å²) in [6.45, 7) is 3.06. The molecule has 1 fully saturated rings. The zero-order chi connectivity index (χ0) is 19.1. The molecule has 2 N–H and O–H groups in total. The highest BCUT2D eigenvalue weighted by Crippen LogP contribution is 2.29. The van der Waals surface area contributed by atoms with Gasteiger partial charge in [-0.15, -0.1) is 0 Å². The van der Waals surface area contributed by atoms with E-state index in [0.29, 0.717) is 12.5 Å². The second-order valence-corrected chi connectivity index (χ2v) is 7.21. The minimum absolute atomic E-state index is 0.479. The Labute approximate surface area is 161 Å². The zero-order valence-corrected chi connectivity index (χ0v) is 16.3. The quantitative estimate of drug-likeness (QED) is 0.690. The first-order chi connectivity index (χ1) is 13.2. The van der Waals surface area contributed by atoms with Crippen LogP contribution < -0.4 is 15.4 Å². The van der Waals surface area contributed by atoms with Gasteiger partial charge in [-0.3, -0.25) is 0 Å². The minimum Gasteiger partial charge on any atom is -0.497 e. The van der Waals surface area contributed by atoms with Crippen LogP contribution >= 0.6 is 0 Å². The molecule has 6 heteroatoms. The third-order valence-corrected chi connectivity index (χ3v) is 5.10. The summed E-state index contributed by atoms with van der Waals surface area (Å²) in [5.74, 6) is 1.75. The Morgan fingerprint density at radius 2 is 2.07 bits per heavy atom.